The molecule has 5 rings (SSSR count). The quantitative estimate of drug-likeness (QED) is 0.264. The van der Waals surface area contributed by atoms with Crippen LogP contribution in [0.4, 0.5) is 4.79 Å². The SMILES string of the molecule is CCOc1ccc(C(C)(C)C#N)cc1C1=N[C@@H](c2ccc(Cl)cc2)[C@@H](c2ccc(Cl)cc2)N1C(=O)N1CCN(CC(=O)NC(C)(C)C)CC1. The van der Waals surface area contributed by atoms with Crippen molar-refractivity contribution in [1.29, 1.82) is 5.26 Å². The fourth-order valence-electron chi connectivity index (χ4n) is 6.20. The molecule has 0 aromatic heterocycles. The maximum atomic E-state index is 14.9. The molecule has 3 aromatic carbocycles. The summed E-state index contributed by atoms with van der Waals surface area (Å²) >= 11 is 12.6. The van der Waals surface area contributed by atoms with Crippen LogP contribution in [-0.2, 0) is 10.2 Å². The van der Waals surface area contributed by atoms with Gasteiger partial charge in [0.05, 0.1) is 36.2 Å². The molecule has 0 aliphatic carbocycles. The highest BCUT2D eigenvalue weighted by Gasteiger charge is 2.45. The maximum absolute atomic E-state index is 14.9. The van der Waals surface area contributed by atoms with Crippen LogP contribution >= 0.6 is 23.2 Å². The number of rotatable bonds is 8. The van der Waals surface area contributed by atoms with E-state index >= 15 is 0 Å². The number of nitriles is 1. The van der Waals surface area contributed by atoms with Gasteiger partial charge in [0.25, 0.3) is 0 Å². The summed E-state index contributed by atoms with van der Waals surface area (Å²) < 4.78 is 6.13. The third kappa shape index (κ3) is 8.38. The molecule has 1 fully saturated rings. The lowest BCUT2D eigenvalue weighted by Crippen LogP contribution is -2.56. The molecule has 0 unspecified atom stereocenters. The summed E-state index contributed by atoms with van der Waals surface area (Å²) in [5.41, 5.74) is 2.04. The lowest BCUT2D eigenvalue weighted by Gasteiger charge is -2.39. The van der Waals surface area contributed by atoms with E-state index in [0.717, 1.165) is 16.7 Å². The number of nitrogens with zero attached hydrogens (tertiary/aromatic N) is 5. The minimum Gasteiger partial charge on any atom is -0.493 e. The zero-order valence-corrected chi connectivity index (χ0v) is 30.5. The Balaban J connectivity index is 1.59. The summed E-state index contributed by atoms with van der Waals surface area (Å²) in [4.78, 5) is 38.6. The van der Waals surface area contributed by atoms with E-state index in [1.165, 1.54) is 0 Å². The average molecular weight is 704 g/mol. The highest BCUT2D eigenvalue weighted by Crippen LogP contribution is 2.46. The number of aliphatic imine (C=N–C) groups is 1. The maximum Gasteiger partial charge on any atom is 0.326 e. The lowest BCUT2D eigenvalue weighted by molar-refractivity contribution is -0.124. The molecule has 1 saturated heterocycles. The van der Waals surface area contributed by atoms with Gasteiger partial charge in [0.1, 0.15) is 17.6 Å². The Labute approximate surface area is 299 Å². The summed E-state index contributed by atoms with van der Waals surface area (Å²) in [6.45, 7) is 14.1. The number of hydrogen-bond acceptors (Lipinski definition) is 6. The summed E-state index contributed by atoms with van der Waals surface area (Å²) in [5, 5.41) is 14.2. The molecule has 2 atom stereocenters. The third-order valence-corrected chi connectivity index (χ3v) is 9.25. The molecular weight excluding hydrogens is 659 g/mol. The van der Waals surface area contributed by atoms with Gasteiger partial charge in [-0.25, -0.2) is 4.79 Å². The van der Waals surface area contributed by atoms with Crippen LogP contribution in [0.25, 0.3) is 0 Å². The fourth-order valence-corrected chi connectivity index (χ4v) is 6.46. The van der Waals surface area contributed by atoms with Gasteiger partial charge in [0, 0.05) is 41.8 Å². The second-order valence-corrected chi connectivity index (χ2v) is 14.9. The number of carbonyl (C=O) groups excluding carboxylic acids is 2. The summed E-state index contributed by atoms with van der Waals surface area (Å²) in [6, 6.07) is 21.9. The number of carbonyl (C=O) groups is 2. The molecular formula is C38H44Cl2N6O3. The van der Waals surface area contributed by atoms with Crippen molar-refractivity contribution in [2.45, 2.75) is 64.6 Å². The number of urea groups is 1. The molecule has 1 N–H and O–H groups in total. The minimum atomic E-state index is -0.797. The molecule has 258 valence electrons. The van der Waals surface area contributed by atoms with Gasteiger partial charge in [0.2, 0.25) is 5.91 Å². The molecule has 0 bridgehead atoms. The average Bonchev–Trinajstić information content (AvgIpc) is 3.45. The Morgan fingerprint density at radius 3 is 2.06 bits per heavy atom. The second kappa shape index (κ2) is 14.8. The lowest BCUT2D eigenvalue weighted by atomic mass is 9.85. The van der Waals surface area contributed by atoms with Crippen LogP contribution in [0.15, 0.2) is 71.7 Å². The van der Waals surface area contributed by atoms with Crippen molar-refractivity contribution in [3.05, 3.63) is 99.0 Å². The Morgan fingerprint density at radius 2 is 1.51 bits per heavy atom. The first kappa shape index (κ1) is 36.2. The van der Waals surface area contributed by atoms with Gasteiger partial charge >= 0.3 is 6.03 Å². The van der Waals surface area contributed by atoms with Gasteiger partial charge in [-0.05, 0) is 94.6 Å². The second-order valence-electron chi connectivity index (χ2n) is 14.0. The van der Waals surface area contributed by atoms with Gasteiger partial charge in [0.15, 0.2) is 0 Å². The van der Waals surface area contributed by atoms with Gasteiger partial charge in [-0.3, -0.25) is 19.6 Å². The van der Waals surface area contributed by atoms with Crippen molar-refractivity contribution >= 4 is 41.0 Å². The topological polar surface area (TPSA) is 101 Å². The van der Waals surface area contributed by atoms with Gasteiger partial charge < -0.3 is 15.0 Å². The number of hydrogen-bond donors (Lipinski definition) is 1. The Hall–Kier alpha value is -4.10. The van der Waals surface area contributed by atoms with E-state index in [9.17, 15) is 14.9 Å². The number of amidine groups is 1. The monoisotopic (exact) mass is 702 g/mol. The zero-order chi connectivity index (χ0) is 35.5. The number of piperazine rings is 1. The van der Waals surface area contributed by atoms with Crippen LogP contribution in [0.2, 0.25) is 10.0 Å². The first-order valence-corrected chi connectivity index (χ1v) is 17.4. The van der Waals surface area contributed by atoms with E-state index < -0.39 is 17.5 Å². The smallest absolute Gasteiger partial charge is 0.326 e. The van der Waals surface area contributed by atoms with Crippen LogP contribution in [0, 0.1) is 11.3 Å². The number of nitrogens with one attached hydrogen (secondary N) is 1. The van der Waals surface area contributed by atoms with Crippen LogP contribution in [0.5, 0.6) is 5.75 Å². The van der Waals surface area contributed by atoms with E-state index in [-0.39, 0.29) is 24.0 Å². The molecule has 11 heteroatoms. The summed E-state index contributed by atoms with van der Waals surface area (Å²) in [6.07, 6.45) is 0. The Kier molecular flexibility index (Phi) is 10.9. The van der Waals surface area contributed by atoms with Crippen molar-refractivity contribution < 1.29 is 14.3 Å². The standard InChI is InChI=1S/C38H44Cl2N6O3/c1-7-49-31-17-12-27(38(5,6)24-41)22-30(31)35-42-33(25-8-13-28(39)14-9-25)34(26-10-15-29(40)16-11-26)46(35)36(48)45-20-18-44(19-21-45)23-32(47)43-37(2,3)4/h8-17,22,33-34H,7,18-21,23H2,1-6H3,(H,43,47)/t33-,34+/m0/s1. The molecule has 3 aromatic rings. The van der Waals surface area contributed by atoms with E-state index in [1.54, 1.807) is 4.90 Å². The van der Waals surface area contributed by atoms with Crippen molar-refractivity contribution in [1.82, 2.24) is 20.0 Å². The van der Waals surface area contributed by atoms with Crippen LogP contribution in [0.1, 0.15) is 75.9 Å². The highest BCUT2D eigenvalue weighted by atomic mass is 35.5. The van der Waals surface area contributed by atoms with Gasteiger partial charge in [-0.1, -0.05) is 53.5 Å². The Bertz CT molecular complexity index is 1740. The van der Waals surface area contributed by atoms with Crippen molar-refractivity contribution in [2.24, 2.45) is 4.99 Å². The zero-order valence-electron chi connectivity index (χ0n) is 29.0. The normalized spacial score (nSPS) is 18.6. The molecule has 0 spiro atoms. The largest absolute Gasteiger partial charge is 0.493 e. The molecule has 0 radical (unpaired) electrons. The van der Waals surface area contributed by atoms with Gasteiger partial charge in [-0.15, -0.1) is 0 Å². The van der Waals surface area contributed by atoms with Crippen molar-refractivity contribution in [2.75, 3.05) is 39.3 Å². The molecule has 3 amide bonds. The van der Waals surface area contributed by atoms with E-state index in [2.05, 4.69) is 16.3 Å². The van der Waals surface area contributed by atoms with E-state index in [0.29, 0.717) is 60.0 Å². The molecule has 49 heavy (non-hydrogen) atoms. The van der Waals surface area contributed by atoms with E-state index in [4.69, 9.17) is 32.9 Å². The Morgan fingerprint density at radius 1 is 0.918 bits per heavy atom. The number of ether oxygens (including phenoxy) is 1. The molecule has 2 heterocycles. The number of benzene rings is 3. The molecule has 9 nitrogen and oxygen atoms in total. The van der Waals surface area contributed by atoms with Crippen LogP contribution in [-0.4, -0.2) is 77.3 Å². The first-order chi connectivity index (χ1) is 23.2. The third-order valence-electron chi connectivity index (χ3n) is 8.74. The minimum absolute atomic E-state index is 0.0431. The highest BCUT2D eigenvalue weighted by molar-refractivity contribution is 6.30. The molecule has 2 aliphatic rings. The van der Waals surface area contributed by atoms with Crippen LogP contribution < -0.4 is 10.1 Å². The molecule has 2 aliphatic heterocycles. The predicted octanol–water partition coefficient (Wildman–Crippen LogP) is 7.39. The van der Waals surface area contributed by atoms with Gasteiger partial charge in [-0.2, -0.15) is 5.26 Å². The predicted molar refractivity (Wildman–Crippen MR) is 194 cm³/mol. The van der Waals surface area contributed by atoms with Crippen LogP contribution in [0.3, 0.4) is 0 Å². The van der Waals surface area contributed by atoms with Crippen molar-refractivity contribution in [3.63, 3.8) is 0 Å². The van der Waals surface area contributed by atoms with E-state index in [1.807, 2.05) is 113 Å². The molecule has 0 saturated carbocycles. The summed E-state index contributed by atoms with van der Waals surface area (Å²) in [7, 11) is 0. The fraction of sp³-hybridized carbons (Fsp3) is 0.421. The summed E-state index contributed by atoms with van der Waals surface area (Å²) in [5.74, 6) is 0.979. The van der Waals surface area contributed by atoms with Crippen molar-refractivity contribution in [3.8, 4) is 11.8 Å². The number of amides is 3. The first-order valence-electron chi connectivity index (χ1n) is 16.6. The number of halogens is 2.